The second-order valence-corrected chi connectivity index (χ2v) is 15.8. The summed E-state index contributed by atoms with van der Waals surface area (Å²) >= 11 is 9.99. The third-order valence-corrected chi connectivity index (χ3v) is 10.4. The highest BCUT2D eigenvalue weighted by atomic mass is 127. The molecular weight excluding hydrogens is 1200 g/mol. The largest absolute Gasteiger partial charge is 0.504 e. The lowest BCUT2D eigenvalue weighted by atomic mass is 10.1. The van der Waals surface area contributed by atoms with Gasteiger partial charge in [-0.1, -0.05) is 0 Å². The number of ether oxygens (including phenoxy) is 2. The number of carboxylic acid groups (broad SMARTS) is 2. The van der Waals surface area contributed by atoms with E-state index in [0.29, 0.717) is 22.2 Å². The Morgan fingerprint density at radius 1 is 0.646 bits per heavy atom. The molecule has 0 bridgehead atoms. The summed E-state index contributed by atoms with van der Waals surface area (Å²) in [5.74, 6) is -3.37. The van der Waals surface area contributed by atoms with Gasteiger partial charge in [-0.25, -0.2) is 13.2 Å². The number of hydrogen-bond acceptors (Lipinski definition) is 7. The number of halogens is 8. The minimum Gasteiger partial charge on any atom is -0.504 e. The first-order valence-corrected chi connectivity index (χ1v) is 18.7. The number of aliphatic carboxylic acids is 2. The second-order valence-electron chi connectivity index (χ2n) is 10.0. The van der Waals surface area contributed by atoms with Crippen LogP contribution in [-0.4, -0.2) is 39.3 Å². The van der Waals surface area contributed by atoms with E-state index >= 15 is 0 Å². The summed E-state index contributed by atoms with van der Waals surface area (Å²) in [5, 5.41) is 27.2. The number of aromatic hydroxyl groups is 1. The van der Waals surface area contributed by atoms with Crippen molar-refractivity contribution in [3.05, 3.63) is 101 Å². The van der Waals surface area contributed by atoms with Crippen molar-refractivity contribution >= 4 is 125 Å². The topological polar surface area (TPSA) is 165 Å². The Bertz CT molecular complexity index is 1640. The molecule has 2 atom stereocenters. The molecule has 0 spiro atoms. The number of benzene rings is 4. The van der Waals surface area contributed by atoms with E-state index in [0.717, 1.165) is 36.5 Å². The minimum absolute atomic E-state index is 0.0569. The van der Waals surface area contributed by atoms with E-state index in [9.17, 15) is 27.9 Å². The Morgan fingerprint density at radius 3 is 1.31 bits per heavy atom. The van der Waals surface area contributed by atoms with Gasteiger partial charge in [0.1, 0.15) is 35.2 Å². The van der Waals surface area contributed by atoms with Crippen LogP contribution in [0.4, 0.5) is 13.2 Å². The number of rotatable bonds is 10. The lowest BCUT2D eigenvalue weighted by Crippen LogP contribution is -2.32. The molecule has 0 aliphatic heterocycles. The van der Waals surface area contributed by atoms with Crippen LogP contribution < -0.4 is 20.9 Å². The Labute approximate surface area is 341 Å². The zero-order chi connectivity index (χ0) is 36.0. The summed E-state index contributed by atoms with van der Waals surface area (Å²) in [7, 11) is 0. The van der Waals surface area contributed by atoms with Crippen molar-refractivity contribution in [2.75, 3.05) is 0 Å². The molecule has 9 nitrogen and oxygen atoms in total. The molecule has 0 saturated heterocycles. The summed E-state index contributed by atoms with van der Waals surface area (Å²) in [6, 6.07) is 9.95. The van der Waals surface area contributed by atoms with Gasteiger partial charge in [0.25, 0.3) is 0 Å². The van der Waals surface area contributed by atoms with E-state index in [1.54, 1.807) is 24.3 Å². The third-order valence-electron chi connectivity index (χ3n) is 6.35. The van der Waals surface area contributed by atoms with E-state index in [1.165, 1.54) is 13.0 Å². The Morgan fingerprint density at radius 2 is 0.979 bits per heavy atom. The van der Waals surface area contributed by atoms with Gasteiger partial charge in [-0.05, 0) is 174 Å². The van der Waals surface area contributed by atoms with Gasteiger partial charge >= 0.3 is 11.9 Å². The average molecular weight is 1230 g/mol. The average Bonchev–Trinajstić information content (AvgIpc) is 2.98. The predicted octanol–water partition coefficient (Wildman–Crippen LogP) is 8.32. The van der Waals surface area contributed by atoms with Crippen LogP contribution in [0.2, 0.25) is 0 Å². The van der Waals surface area contributed by atoms with E-state index in [-0.39, 0.29) is 29.9 Å². The normalized spacial score (nSPS) is 12.1. The summed E-state index contributed by atoms with van der Waals surface area (Å²) < 4.78 is 55.5. The molecule has 0 heterocycles. The van der Waals surface area contributed by atoms with Crippen LogP contribution in [0.5, 0.6) is 28.7 Å². The molecular formula is C31H24F3I5N2O7. The maximum Gasteiger partial charge on any atom is 0.320 e. The van der Waals surface area contributed by atoms with Crippen LogP contribution in [0, 0.1) is 42.2 Å². The van der Waals surface area contributed by atoms with Crippen molar-refractivity contribution in [3.8, 4) is 28.7 Å². The van der Waals surface area contributed by atoms with Crippen LogP contribution in [0.3, 0.4) is 0 Å². The number of phenols is 1. The smallest absolute Gasteiger partial charge is 0.320 e. The molecule has 0 unspecified atom stereocenters. The molecule has 0 aliphatic carbocycles. The van der Waals surface area contributed by atoms with Crippen LogP contribution >= 0.6 is 113 Å². The van der Waals surface area contributed by atoms with Gasteiger partial charge in [0.05, 0.1) is 17.9 Å². The molecule has 0 saturated carbocycles. The fourth-order valence-corrected chi connectivity index (χ4v) is 8.65. The van der Waals surface area contributed by atoms with Gasteiger partial charge in [0.2, 0.25) is 0 Å². The Hall–Kier alpha value is -1.42. The molecule has 4 aromatic carbocycles. The van der Waals surface area contributed by atoms with Crippen LogP contribution in [0.1, 0.15) is 16.7 Å². The van der Waals surface area contributed by atoms with Crippen molar-refractivity contribution < 1.29 is 47.6 Å². The van der Waals surface area contributed by atoms with Crippen molar-refractivity contribution in [1.82, 2.24) is 0 Å². The summed E-state index contributed by atoms with van der Waals surface area (Å²) in [6.45, 7) is 1.35. The SMILES string of the molecule is Cc1c(F)cc(Oc2c(I)cc(C[C@H](N)C(=O)O)cc2I)cc1F.N[C@@H](Cc1cc(I)c(Oc2cc(F)c(O)c(I)c2)c(I)c1)C(=O)O. The van der Waals surface area contributed by atoms with Gasteiger partial charge in [-0.2, -0.15) is 0 Å². The minimum atomic E-state index is -1.08. The van der Waals surface area contributed by atoms with Crippen LogP contribution in [-0.2, 0) is 22.4 Å². The fraction of sp³-hybridized carbons (Fsp3) is 0.161. The number of hydrogen-bond donors (Lipinski definition) is 5. The summed E-state index contributed by atoms with van der Waals surface area (Å²) in [4.78, 5) is 21.7. The molecule has 0 aromatic heterocycles. The van der Waals surface area contributed by atoms with Gasteiger partial charge in [-0.15, -0.1) is 0 Å². The third kappa shape index (κ3) is 11.3. The lowest BCUT2D eigenvalue weighted by Gasteiger charge is -2.14. The van der Waals surface area contributed by atoms with Crippen molar-refractivity contribution in [2.24, 2.45) is 11.5 Å². The predicted molar refractivity (Wildman–Crippen MR) is 214 cm³/mol. The fourth-order valence-electron chi connectivity index (χ4n) is 3.86. The van der Waals surface area contributed by atoms with Crippen molar-refractivity contribution in [2.45, 2.75) is 31.8 Å². The van der Waals surface area contributed by atoms with Gasteiger partial charge in [0, 0.05) is 23.8 Å². The highest BCUT2D eigenvalue weighted by Gasteiger charge is 2.19. The number of carboxylic acids is 2. The quantitative estimate of drug-likeness (QED) is 0.0983. The van der Waals surface area contributed by atoms with Gasteiger partial charge in [0.15, 0.2) is 23.1 Å². The second kappa shape index (κ2) is 18.2. The Kier molecular flexibility index (Phi) is 15.5. The lowest BCUT2D eigenvalue weighted by molar-refractivity contribution is -0.139. The van der Waals surface area contributed by atoms with Crippen LogP contribution in [0.15, 0.2) is 48.5 Å². The van der Waals surface area contributed by atoms with Crippen LogP contribution in [0.25, 0.3) is 0 Å². The monoisotopic (exact) mass is 1230 g/mol. The number of nitrogens with two attached hydrogens (primary N) is 2. The molecule has 7 N–H and O–H groups in total. The molecule has 256 valence electrons. The highest BCUT2D eigenvalue weighted by Crippen LogP contribution is 2.37. The summed E-state index contributed by atoms with van der Waals surface area (Å²) in [5.41, 5.74) is 12.5. The first-order valence-electron chi connectivity index (χ1n) is 13.3. The first kappa shape index (κ1) is 41.0. The maximum absolute atomic E-state index is 13.6. The first-order chi connectivity index (χ1) is 22.4. The van der Waals surface area contributed by atoms with E-state index in [1.807, 2.05) is 67.8 Å². The molecule has 48 heavy (non-hydrogen) atoms. The molecule has 17 heteroatoms. The molecule has 0 radical (unpaired) electrons. The van der Waals surface area contributed by atoms with E-state index < -0.39 is 47.2 Å². The standard InChI is InChI=1S/C16H13F2I2NO3.C15H11FI3NO4/c1-7-10(17)5-9(6-11(7)18)24-15-12(19)2-8(3-13(15)20)4-14(21)16(22)23;16-8-4-7(5-9(17)13(8)21)24-14-10(18)1-6(2-11(14)19)3-12(20)15(22)23/h2-3,5-6,14H,4,21H2,1H3,(H,22,23);1-2,4-5,12,21H,3,20H2,(H,22,23)/t14-;12-/m00/s1. The highest BCUT2D eigenvalue weighted by molar-refractivity contribution is 14.1. The maximum atomic E-state index is 13.6. The van der Waals surface area contributed by atoms with Crippen molar-refractivity contribution in [3.63, 3.8) is 0 Å². The van der Waals surface area contributed by atoms with E-state index in [2.05, 4.69) is 45.2 Å². The zero-order valence-corrected chi connectivity index (χ0v) is 35.1. The zero-order valence-electron chi connectivity index (χ0n) is 24.3. The Balaban J connectivity index is 0.000000260. The number of carbonyl (C=O) groups is 2. The van der Waals surface area contributed by atoms with E-state index in [4.69, 9.17) is 31.2 Å². The molecule has 0 amide bonds. The summed E-state index contributed by atoms with van der Waals surface area (Å²) in [6.07, 6.45) is 0.378. The molecule has 4 rings (SSSR count). The van der Waals surface area contributed by atoms with Gasteiger partial charge < -0.3 is 36.3 Å². The number of phenolic OH excluding ortho intramolecular Hbond substituents is 1. The molecule has 0 aliphatic rings. The molecule has 4 aromatic rings. The van der Waals surface area contributed by atoms with Crippen molar-refractivity contribution in [1.29, 1.82) is 0 Å². The molecule has 0 fully saturated rings. The van der Waals surface area contributed by atoms with Gasteiger partial charge in [-0.3, -0.25) is 9.59 Å².